The molecule has 0 spiro atoms. The van der Waals surface area contributed by atoms with E-state index < -0.39 is 0 Å². The van der Waals surface area contributed by atoms with Gasteiger partial charge in [0.05, 0.1) is 5.54 Å². The Morgan fingerprint density at radius 1 is 1.69 bits per heavy atom. The fraction of sp³-hybridized carbons (Fsp3) is 0.778. The molecule has 1 aromatic rings. The highest BCUT2D eigenvalue weighted by Gasteiger charge is 2.36. The Kier molecular flexibility index (Phi) is 2.07. The van der Waals surface area contributed by atoms with Crippen molar-refractivity contribution in [1.29, 1.82) is 0 Å². The van der Waals surface area contributed by atoms with E-state index in [2.05, 4.69) is 17.1 Å². The zero-order valence-corrected chi connectivity index (χ0v) is 7.86. The second kappa shape index (κ2) is 3.10. The van der Waals surface area contributed by atoms with Crippen LogP contribution in [0.1, 0.15) is 38.5 Å². The van der Waals surface area contributed by atoms with Crippen molar-refractivity contribution in [3.63, 3.8) is 0 Å². The first-order chi connectivity index (χ1) is 6.21. The van der Waals surface area contributed by atoms with E-state index in [1.807, 2.05) is 0 Å². The minimum Gasteiger partial charge on any atom is -0.338 e. The van der Waals surface area contributed by atoms with Crippen molar-refractivity contribution in [1.82, 2.24) is 10.1 Å². The molecule has 1 fully saturated rings. The molecule has 0 aromatic carbocycles. The molecule has 1 saturated carbocycles. The van der Waals surface area contributed by atoms with Crippen LogP contribution in [-0.4, -0.2) is 10.1 Å². The van der Waals surface area contributed by atoms with Gasteiger partial charge in [0.2, 0.25) is 5.89 Å². The molecule has 0 amide bonds. The standard InChI is InChI=1S/C9H15N3O/c1-7-3-2-4-9(10,5-7)8-11-6-12-13-8/h6-7H,2-5,10H2,1H3. The van der Waals surface area contributed by atoms with Crippen LogP contribution in [-0.2, 0) is 5.54 Å². The predicted octanol–water partition coefficient (Wildman–Crippen LogP) is 1.43. The van der Waals surface area contributed by atoms with Crippen LogP contribution in [0.5, 0.6) is 0 Å². The Morgan fingerprint density at radius 2 is 2.54 bits per heavy atom. The lowest BCUT2D eigenvalue weighted by atomic mass is 9.77. The summed E-state index contributed by atoms with van der Waals surface area (Å²) in [7, 11) is 0. The molecule has 4 heteroatoms. The topological polar surface area (TPSA) is 64.9 Å². The monoisotopic (exact) mass is 181 g/mol. The van der Waals surface area contributed by atoms with Gasteiger partial charge in [0.1, 0.15) is 0 Å². The van der Waals surface area contributed by atoms with Gasteiger partial charge in [0.15, 0.2) is 6.33 Å². The van der Waals surface area contributed by atoms with Crippen molar-refractivity contribution in [2.24, 2.45) is 11.7 Å². The average Bonchev–Trinajstić information content (AvgIpc) is 2.55. The van der Waals surface area contributed by atoms with Gasteiger partial charge in [-0.2, -0.15) is 4.98 Å². The molecule has 2 atom stereocenters. The Hall–Kier alpha value is -0.900. The first kappa shape index (κ1) is 8.69. The van der Waals surface area contributed by atoms with E-state index in [-0.39, 0.29) is 5.54 Å². The lowest BCUT2D eigenvalue weighted by Gasteiger charge is -2.33. The first-order valence-corrected chi connectivity index (χ1v) is 4.77. The zero-order valence-electron chi connectivity index (χ0n) is 7.86. The molecule has 72 valence electrons. The van der Waals surface area contributed by atoms with Crippen LogP contribution in [0.2, 0.25) is 0 Å². The van der Waals surface area contributed by atoms with Crippen molar-refractivity contribution in [2.75, 3.05) is 0 Å². The van der Waals surface area contributed by atoms with Crippen molar-refractivity contribution in [3.05, 3.63) is 12.2 Å². The van der Waals surface area contributed by atoms with Gasteiger partial charge in [-0.1, -0.05) is 24.9 Å². The van der Waals surface area contributed by atoms with Crippen LogP contribution in [0.3, 0.4) is 0 Å². The third kappa shape index (κ3) is 1.58. The maximum absolute atomic E-state index is 6.22. The predicted molar refractivity (Wildman–Crippen MR) is 47.8 cm³/mol. The molecule has 2 N–H and O–H groups in total. The molecular formula is C9H15N3O. The molecule has 1 aliphatic carbocycles. The van der Waals surface area contributed by atoms with E-state index in [1.165, 1.54) is 12.7 Å². The molecule has 13 heavy (non-hydrogen) atoms. The Labute approximate surface area is 77.5 Å². The van der Waals surface area contributed by atoms with E-state index in [0.29, 0.717) is 11.8 Å². The summed E-state index contributed by atoms with van der Waals surface area (Å²) in [4.78, 5) is 4.04. The zero-order chi connectivity index (χ0) is 9.31. The summed E-state index contributed by atoms with van der Waals surface area (Å²) in [6, 6.07) is 0. The first-order valence-electron chi connectivity index (χ1n) is 4.77. The normalized spacial score (nSPS) is 34.8. The third-order valence-corrected chi connectivity index (χ3v) is 2.82. The lowest BCUT2D eigenvalue weighted by Crippen LogP contribution is -2.41. The van der Waals surface area contributed by atoms with Crippen molar-refractivity contribution < 1.29 is 4.52 Å². The van der Waals surface area contributed by atoms with E-state index in [0.717, 1.165) is 19.3 Å². The van der Waals surface area contributed by atoms with Crippen LogP contribution in [0.4, 0.5) is 0 Å². The summed E-state index contributed by atoms with van der Waals surface area (Å²) in [5, 5.41) is 3.60. The maximum Gasteiger partial charge on any atom is 0.246 e. The molecule has 1 aromatic heterocycles. The van der Waals surface area contributed by atoms with Gasteiger partial charge < -0.3 is 10.3 Å². The number of rotatable bonds is 1. The number of nitrogens with zero attached hydrogens (tertiary/aromatic N) is 2. The summed E-state index contributed by atoms with van der Waals surface area (Å²) in [5.74, 6) is 1.25. The molecular weight excluding hydrogens is 166 g/mol. The van der Waals surface area contributed by atoms with Crippen LogP contribution >= 0.6 is 0 Å². The minimum absolute atomic E-state index is 0.367. The SMILES string of the molecule is CC1CCCC(N)(c2ncno2)C1. The minimum atomic E-state index is -0.367. The fourth-order valence-electron chi connectivity index (χ4n) is 2.18. The van der Waals surface area contributed by atoms with Gasteiger partial charge in [-0.15, -0.1) is 0 Å². The van der Waals surface area contributed by atoms with Crippen LogP contribution in [0, 0.1) is 5.92 Å². The summed E-state index contributed by atoms with van der Waals surface area (Å²) in [5.41, 5.74) is 5.85. The quantitative estimate of drug-likeness (QED) is 0.711. The smallest absolute Gasteiger partial charge is 0.246 e. The summed E-state index contributed by atoms with van der Waals surface area (Å²) >= 11 is 0. The van der Waals surface area contributed by atoms with Crippen molar-refractivity contribution >= 4 is 0 Å². The highest BCUT2D eigenvalue weighted by Crippen LogP contribution is 2.36. The van der Waals surface area contributed by atoms with Gasteiger partial charge in [-0.3, -0.25) is 0 Å². The molecule has 0 saturated heterocycles. The number of aromatic nitrogens is 2. The lowest BCUT2D eigenvalue weighted by molar-refractivity contribution is 0.183. The average molecular weight is 181 g/mol. The second-order valence-electron chi connectivity index (χ2n) is 4.10. The Morgan fingerprint density at radius 3 is 3.15 bits per heavy atom. The summed E-state index contributed by atoms with van der Waals surface area (Å²) in [6.07, 6.45) is 5.74. The molecule has 0 bridgehead atoms. The number of hydrogen-bond acceptors (Lipinski definition) is 4. The molecule has 1 heterocycles. The van der Waals surface area contributed by atoms with Gasteiger partial charge >= 0.3 is 0 Å². The van der Waals surface area contributed by atoms with Gasteiger partial charge in [-0.25, -0.2) is 0 Å². The van der Waals surface area contributed by atoms with Crippen molar-refractivity contribution in [2.45, 2.75) is 38.1 Å². The highest BCUT2D eigenvalue weighted by atomic mass is 16.5. The molecule has 0 radical (unpaired) electrons. The van der Waals surface area contributed by atoms with Crippen LogP contribution in [0.15, 0.2) is 10.9 Å². The van der Waals surface area contributed by atoms with E-state index >= 15 is 0 Å². The molecule has 2 rings (SSSR count). The largest absolute Gasteiger partial charge is 0.338 e. The molecule has 0 aliphatic heterocycles. The fourth-order valence-corrected chi connectivity index (χ4v) is 2.18. The molecule has 2 unspecified atom stereocenters. The summed E-state index contributed by atoms with van der Waals surface area (Å²) in [6.45, 7) is 2.22. The van der Waals surface area contributed by atoms with Gasteiger partial charge in [-0.05, 0) is 18.8 Å². The Balaban J connectivity index is 2.20. The third-order valence-electron chi connectivity index (χ3n) is 2.82. The number of hydrogen-bond donors (Lipinski definition) is 1. The van der Waals surface area contributed by atoms with Gasteiger partial charge in [0.25, 0.3) is 0 Å². The van der Waals surface area contributed by atoms with E-state index in [4.69, 9.17) is 10.3 Å². The van der Waals surface area contributed by atoms with E-state index in [1.54, 1.807) is 0 Å². The van der Waals surface area contributed by atoms with Crippen molar-refractivity contribution in [3.8, 4) is 0 Å². The van der Waals surface area contributed by atoms with Crippen LogP contribution < -0.4 is 5.73 Å². The van der Waals surface area contributed by atoms with Gasteiger partial charge in [0, 0.05) is 0 Å². The van der Waals surface area contributed by atoms with E-state index in [9.17, 15) is 0 Å². The molecule has 1 aliphatic rings. The maximum atomic E-state index is 6.22. The van der Waals surface area contributed by atoms with Crippen LogP contribution in [0.25, 0.3) is 0 Å². The molecule has 4 nitrogen and oxygen atoms in total. The number of nitrogens with two attached hydrogens (primary N) is 1. The second-order valence-corrected chi connectivity index (χ2v) is 4.10. The highest BCUT2D eigenvalue weighted by molar-refractivity contribution is 5.02. The Bertz CT molecular complexity index is 272. The summed E-state index contributed by atoms with van der Waals surface area (Å²) < 4.78 is 5.04.